The first-order valence-corrected chi connectivity index (χ1v) is 2.78. The zero-order chi connectivity index (χ0) is 10.9. The monoisotopic (exact) mass is 193 g/mol. The van der Waals surface area contributed by atoms with Gasteiger partial charge in [-0.15, -0.1) is 0 Å². The number of aromatic nitrogens is 2. The number of nitrogens with zero attached hydrogens (tertiary/aromatic N) is 2. The Kier molecular flexibility index (Phi) is 0.782. The fraction of sp³-hybridized carbons (Fsp3) is 0.200. The molecule has 0 saturated heterocycles. The van der Waals surface area contributed by atoms with Crippen molar-refractivity contribution in [2.24, 2.45) is 0 Å². The zero-order valence-electron chi connectivity index (χ0n) is 9.18. The topological polar surface area (TPSA) is 35.0 Å². The van der Waals surface area contributed by atoms with Crippen molar-refractivity contribution in [2.75, 3.05) is 7.04 Å². The molecule has 0 aromatic carbocycles. The number of hydrogen-bond acceptors (Lipinski definition) is 3. The van der Waals surface area contributed by atoms with Gasteiger partial charge in [-0.05, 0) is 15.9 Å². The van der Waals surface area contributed by atoms with E-state index < -0.39 is 13.0 Å². The maximum absolute atomic E-state index is 7.23. The Morgan fingerprint density at radius 3 is 3.00 bits per heavy atom. The fourth-order valence-electron chi connectivity index (χ4n) is 0.289. The van der Waals surface area contributed by atoms with Crippen LogP contribution in [-0.2, 0) is 0 Å². The normalized spacial score (nSPS) is 18.6. The van der Waals surface area contributed by atoms with E-state index in [2.05, 4.69) is 30.6 Å². The van der Waals surface area contributed by atoms with Crippen LogP contribution in [-0.4, -0.2) is 17.0 Å². The zero-order valence-corrected chi connectivity index (χ0v) is 5.77. The molecular weight excluding hydrogens is 184 g/mol. The van der Waals surface area contributed by atoms with Crippen LogP contribution in [0.25, 0.3) is 0 Å². The molecule has 0 fully saturated rings. The lowest BCUT2D eigenvalue weighted by atomic mass is 10.7. The summed E-state index contributed by atoms with van der Waals surface area (Å²) in [6.07, 6.45) is -0.575. The van der Waals surface area contributed by atoms with Gasteiger partial charge in [-0.3, -0.25) is 0 Å². The Hall–Kier alpha value is -0.640. The Labute approximate surface area is 68.2 Å². The van der Waals surface area contributed by atoms with Gasteiger partial charge in [0.15, 0.2) is 0 Å². The lowest BCUT2D eigenvalue weighted by Crippen LogP contribution is -1.89. The van der Waals surface area contributed by atoms with E-state index in [0.717, 1.165) is 0 Å². The van der Waals surface area contributed by atoms with E-state index >= 15 is 0 Å². The number of halogens is 1. The third kappa shape index (κ3) is 1.64. The predicted molar refractivity (Wildman–Crippen MR) is 36.3 cm³/mol. The molecule has 48 valence electrons. The van der Waals surface area contributed by atoms with E-state index in [1.165, 1.54) is 0 Å². The quantitative estimate of drug-likeness (QED) is 0.674. The highest BCUT2D eigenvalue weighted by Crippen LogP contribution is 2.06. The summed E-state index contributed by atoms with van der Waals surface area (Å²) in [7, 11) is -2.67. The molecule has 0 bridgehead atoms. The molecule has 0 aliphatic carbocycles. The number of rotatable bonds is 1. The van der Waals surface area contributed by atoms with Gasteiger partial charge in [-0.1, -0.05) is 0 Å². The van der Waals surface area contributed by atoms with Crippen LogP contribution in [0.3, 0.4) is 0 Å². The van der Waals surface area contributed by atoms with Crippen LogP contribution in [0.4, 0.5) is 0 Å². The second kappa shape index (κ2) is 2.77. The van der Waals surface area contributed by atoms with E-state index in [1.807, 2.05) is 0 Å². The summed E-state index contributed by atoms with van der Waals surface area (Å²) in [5.74, 6) is 0. The van der Waals surface area contributed by atoms with Gasteiger partial charge in [0.25, 0.3) is 0 Å². The molecule has 0 aliphatic heterocycles. The maximum atomic E-state index is 7.23. The minimum absolute atomic E-state index is 0.0930. The minimum atomic E-state index is -2.67. The number of hydrogen-bond donors (Lipinski definition) is 0. The lowest BCUT2D eigenvalue weighted by molar-refractivity contribution is 0.379. The molecule has 0 aliphatic rings. The van der Waals surface area contributed by atoms with Crippen molar-refractivity contribution in [3.63, 3.8) is 0 Å². The lowest BCUT2D eigenvalue weighted by Gasteiger charge is -1.93. The van der Waals surface area contributed by atoms with Crippen molar-refractivity contribution in [3.8, 4) is 6.01 Å². The van der Waals surface area contributed by atoms with Crippen molar-refractivity contribution >= 4 is 15.9 Å². The van der Waals surface area contributed by atoms with Crippen molar-refractivity contribution in [1.82, 2.24) is 9.97 Å². The smallest absolute Gasteiger partial charge is 0.316 e. The first kappa shape index (κ1) is 2.54. The molecule has 1 heterocycles. The maximum Gasteiger partial charge on any atom is 0.316 e. The Morgan fingerprint density at radius 2 is 2.44 bits per heavy atom. The van der Waals surface area contributed by atoms with Gasteiger partial charge in [-0.2, -0.15) is 0 Å². The van der Waals surface area contributed by atoms with Crippen LogP contribution in [0.5, 0.6) is 6.01 Å². The summed E-state index contributed by atoms with van der Waals surface area (Å²) in [6.45, 7) is 0. The molecule has 4 heteroatoms. The molecule has 3 nitrogen and oxygen atoms in total. The second-order valence-corrected chi connectivity index (χ2v) is 1.94. The fourth-order valence-corrected chi connectivity index (χ4v) is 0.467. The molecule has 0 amide bonds. The van der Waals surface area contributed by atoms with Crippen LogP contribution >= 0.6 is 15.9 Å². The highest BCUT2D eigenvalue weighted by atomic mass is 79.9. The van der Waals surface area contributed by atoms with Crippen LogP contribution in [0.15, 0.2) is 16.8 Å². The molecule has 0 N–H and O–H groups in total. The van der Waals surface area contributed by atoms with Gasteiger partial charge in [0, 0.05) is 12.3 Å². The van der Waals surface area contributed by atoms with Gasteiger partial charge in [0.1, 0.15) is 0 Å². The largest absolute Gasteiger partial charge is 0.467 e. The van der Waals surface area contributed by atoms with E-state index in [1.54, 1.807) is 0 Å². The Balaban J connectivity index is 3.02. The summed E-state index contributed by atoms with van der Waals surface area (Å²) in [4.78, 5) is 6.85. The molecule has 1 rings (SSSR count). The summed E-state index contributed by atoms with van der Waals surface area (Å²) >= 11 is 2.90. The highest BCUT2D eigenvalue weighted by molar-refractivity contribution is 9.10. The van der Waals surface area contributed by atoms with Crippen molar-refractivity contribution < 1.29 is 11.6 Å². The molecule has 0 saturated carbocycles. The SMILES string of the molecule is [2H]c1nc(OC([2H])([2H])[2H])nc([2H])c1Br. The third-order valence-electron chi connectivity index (χ3n) is 0.591. The van der Waals surface area contributed by atoms with Gasteiger partial charge >= 0.3 is 6.01 Å². The van der Waals surface area contributed by atoms with Crippen molar-refractivity contribution in [2.45, 2.75) is 0 Å². The van der Waals surface area contributed by atoms with Gasteiger partial charge in [0.05, 0.1) is 18.4 Å². The van der Waals surface area contributed by atoms with E-state index in [9.17, 15) is 0 Å². The number of ether oxygens (including phenoxy) is 1. The van der Waals surface area contributed by atoms with E-state index in [4.69, 9.17) is 6.85 Å². The summed E-state index contributed by atoms with van der Waals surface area (Å²) in [5.41, 5.74) is 0. The van der Waals surface area contributed by atoms with E-state index in [0.29, 0.717) is 0 Å². The summed E-state index contributed by atoms with van der Waals surface area (Å²) < 4.78 is 39.2. The molecule has 0 radical (unpaired) electrons. The molecule has 0 atom stereocenters. The molecular formula is C5H5BrN2O. The standard InChI is InChI=1S/C5H5BrN2O/c1-9-5-7-2-4(6)3-8-5/h2-3H,1H3/i1D3,2D,3D. The van der Waals surface area contributed by atoms with Crippen LogP contribution in [0, 0.1) is 0 Å². The number of methoxy groups -OCH3 is 1. The van der Waals surface area contributed by atoms with Crippen LogP contribution in [0.1, 0.15) is 6.85 Å². The van der Waals surface area contributed by atoms with Crippen molar-refractivity contribution in [3.05, 3.63) is 16.8 Å². The second-order valence-electron chi connectivity index (χ2n) is 1.15. The molecule has 9 heavy (non-hydrogen) atoms. The molecule has 0 unspecified atom stereocenters. The average molecular weight is 194 g/mol. The van der Waals surface area contributed by atoms with Crippen LogP contribution < -0.4 is 4.74 Å². The average Bonchev–Trinajstić information content (AvgIpc) is 1.96. The summed E-state index contributed by atoms with van der Waals surface area (Å²) in [6, 6.07) is -0.497. The van der Waals surface area contributed by atoms with Crippen molar-refractivity contribution in [1.29, 1.82) is 0 Å². The molecule has 0 spiro atoms. The highest BCUT2D eigenvalue weighted by Gasteiger charge is 1.90. The first-order valence-electron chi connectivity index (χ1n) is 4.49. The minimum Gasteiger partial charge on any atom is -0.467 e. The van der Waals surface area contributed by atoms with Crippen LogP contribution in [0.2, 0.25) is 0 Å². The first-order chi connectivity index (χ1) is 6.29. The van der Waals surface area contributed by atoms with E-state index in [-0.39, 0.29) is 16.8 Å². The summed E-state index contributed by atoms with van der Waals surface area (Å²) in [5, 5.41) is 0. The third-order valence-corrected chi connectivity index (χ3v) is 0.945. The molecule has 1 aromatic rings. The Bertz CT molecular complexity index is 331. The van der Waals surface area contributed by atoms with Gasteiger partial charge < -0.3 is 4.74 Å². The van der Waals surface area contributed by atoms with Gasteiger partial charge in [-0.25, -0.2) is 9.97 Å². The van der Waals surface area contributed by atoms with Gasteiger partial charge in [0.2, 0.25) is 0 Å². The molecule has 1 aromatic heterocycles. The Morgan fingerprint density at radius 1 is 1.78 bits per heavy atom. The predicted octanol–water partition coefficient (Wildman–Crippen LogP) is 1.25.